The molecule has 0 aromatic heterocycles. The van der Waals surface area contributed by atoms with E-state index in [1.165, 1.54) is 0 Å². The van der Waals surface area contributed by atoms with Gasteiger partial charge in [0.1, 0.15) is 0 Å². The van der Waals surface area contributed by atoms with Gasteiger partial charge in [-0.25, -0.2) is 13.2 Å². The van der Waals surface area contributed by atoms with E-state index in [9.17, 15) is 39.5 Å². The van der Waals surface area contributed by atoms with Crippen LogP contribution in [0.4, 0.5) is 39.5 Å². The zero-order valence-electron chi connectivity index (χ0n) is 9.15. The minimum absolute atomic E-state index is 1.47. The molecule has 0 amide bonds. The maximum absolute atomic E-state index is 14.2. The summed E-state index contributed by atoms with van der Waals surface area (Å²) >= 11 is 9.55. The van der Waals surface area contributed by atoms with Gasteiger partial charge < -0.3 is 0 Å². The van der Waals surface area contributed by atoms with E-state index < -0.39 is 52.5 Å². The Morgan fingerprint density at radius 1 is 0.600 bits per heavy atom. The first-order chi connectivity index (χ1) is 8.65. The molecule has 0 bridgehead atoms. The van der Waals surface area contributed by atoms with Gasteiger partial charge in [0.25, 0.3) is 0 Å². The maximum Gasteiger partial charge on any atom is 0.378 e. The van der Waals surface area contributed by atoms with E-state index in [0.29, 0.717) is 0 Å². The molecule has 2 fully saturated rings. The molecule has 0 N–H and O–H groups in total. The molecule has 2 rings (SSSR count). The third-order valence-electron chi connectivity index (χ3n) is 4.06. The topological polar surface area (TPSA) is 0 Å². The summed E-state index contributed by atoms with van der Waals surface area (Å²) in [5.74, 6) is -18.9. The third-order valence-corrected chi connectivity index (χ3v) is 4.66. The van der Waals surface area contributed by atoms with Crippen LogP contribution in [0.3, 0.4) is 0 Å². The quantitative estimate of drug-likeness (QED) is 0.475. The summed E-state index contributed by atoms with van der Waals surface area (Å²) in [6.45, 7) is 0. The van der Waals surface area contributed by atoms with Gasteiger partial charge in [0.05, 0.1) is 0 Å². The fraction of sp³-hybridized carbons (Fsp3) is 1.00. The average molecular weight is 355 g/mol. The smallest absolute Gasteiger partial charge is 0.236 e. The second-order valence-corrected chi connectivity index (χ2v) is 5.93. The van der Waals surface area contributed by atoms with Crippen molar-refractivity contribution in [1.29, 1.82) is 0 Å². The van der Waals surface area contributed by atoms with Gasteiger partial charge in [-0.05, 0) is 12.8 Å². The second kappa shape index (κ2) is 3.64. The zero-order chi connectivity index (χ0) is 16.0. The lowest BCUT2D eigenvalue weighted by Gasteiger charge is -2.64. The molecule has 20 heavy (non-hydrogen) atoms. The van der Waals surface area contributed by atoms with Crippen LogP contribution in [0.15, 0.2) is 0 Å². The standard InChI is InChI=1S/C9H5Cl2F9/c10-3(11)6(14)4(12)1-2-5(4,13)7(15,16)9(19,20)8(6,17)18/h3H,1-2H2. The molecule has 118 valence electrons. The highest BCUT2D eigenvalue weighted by Gasteiger charge is 3.01. The molecule has 0 heterocycles. The van der Waals surface area contributed by atoms with E-state index in [1.807, 2.05) is 0 Å². The number of hydrogen-bond acceptors (Lipinski definition) is 0. The predicted octanol–water partition coefficient (Wildman–Crippen LogP) is 4.63. The molecule has 0 nitrogen and oxygen atoms in total. The van der Waals surface area contributed by atoms with Crippen molar-refractivity contribution < 1.29 is 39.5 Å². The van der Waals surface area contributed by atoms with Crippen molar-refractivity contribution in [2.24, 2.45) is 0 Å². The van der Waals surface area contributed by atoms with Gasteiger partial charge in [0.15, 0.2) is 10.5 Å². The Bertz CT molecular complexity index is 430. The summed E-state index contributed by atoms with van der Waals surface area (Å²) in [6.07, 6.45) is -3.04. The number of halogens is 11. The fourth-order valence-corrected chi connectivity index (χ4v) is 3.29. The molecule has 11 heteroatoms. The molecule has 0 radical (unpaired) electrons. The van der Waals surface area contributed by atoms with Gasteiger partial charge in [-0.1, -0.05) is 0 Å². The molecule has 0 spiro atoms. The van der Waals surface area contributed by atoms with Crippen LogP contribution in [0.1, 0.15) is 12.8 Å². The molecular formula is C9H5Cl2F9. The third kappa shape index (κ3) is 1.15. The highest BCUT2D eigenvalue weighted by molar-refractivity contribution is 6.45. The first-order valence-electron chi connectivity index (χ1n) is 5.13. The largest absolute Gasteiger partial charge is 0.378 e. The van der Waals surface area contributed by atoms with Crippen molar-refractivity contribution in [3.05, 3.63) is 0 Å². The highest BCUT2D eigenvalue weighted by Crippen LogP contribution is 2.75. The van der Waals surface area contributed by atoms with Crippen molar-refractivity contribution in [2.75, 3.05) is 0 Å². The first kappa shape index (κ1) is 16.3. The van der Waals surface area contributed by atoms with E-state index in [4.69, 9.17) is 23.2 Å². The Morgan fingerprint density at radius 3 is 1.30 bits per heavy atom. The maximum atomic E-state index is 14.2. The van der Waals surface area contributed by atoms with Gasteiger partial charge in [0, 0.05) is 0 Å². The number of fused-ring (bicyclic) bond motifs is 1. The molecule has 3 unspecified atom stereocenters. The Hall–Kier alpha value is -0.0500. The van der Waals surface area contributed by atoms with Crippen LogP contribution in [0.5, 0.6) is 0 Å². The lowest BCUT2D eigenvalue weighted by molar-refractivity contribution is -0.459. The minimum Gasteiger partial charge on any atom is -0.236 e. The van der Waals surface area contributed by atoms with Crippen LogP contribution in [-0.2, 0) is 0 Å². The average Bonchev–Trinajstić information content (AvgIpc) is 2.31. The second-order valence-electron chi connectivity index (χ2n) is 4.84. The summed E-state index contributed by atoms with van der Waals surface area (Å²) in [6, 6.07) is 0. The van der Waals surface area contributed by atoms with Crippen LogP contribution in [0.25, 0.3) is 0 Å². The van der Waals surface area contributed by atoms with Crippen LogP contribution >= 0.6 is 23.2 Å². The molecule has 0 aromatic carbocycles. The Morgan fingerprint density at radius 2 is 1.00 bits per heavy atom. The Balaban J connectivity index is 2.80. The van der Waals surface area contributed by atoms with Crippen LogP contribution in [0.2, 0.25) is 0 Å². The van der Waals surface area contributed by atoms with E-state index >= 15 is 0 Å². The molecule has 0 saturated heterocycles. The van der Waals surface area contributed by atoms with Gasteiger partial charge in [-0.3, -0.25) is 0 Å². The summed E-state index contributed by atoms with van der Waals surface area (Å²) in [7, 11) is 0. The van der Waals surface area contributed by atoms with Gasteiger partial charge in [-0.15, -0.1) is 23.2 Å². The Labute approximate surface area is 116 Å². The fourth-order valence-electron chi connectivity index (χ4n) is 2.67. The molecule has 3 atom stereocenters. The summed E-state index contributed by atoms with van der Waals surface area (Å²) in [4.78, 5) is -3.18. The van der Waals surface area contributed by atoms with Crippen LogP contribution < -0.4 is 0 Å². The first-order valence-corrected chi connectivity index (χ1v) is 6.01. The van der Waals surface area contributed by atoms with Crippen molar-refractivity contribution >= 4 is 23.2 Å². The summed E-state index contributed by atoms with van der Waals surface area (Å²) in [5.41, 5.74) is -14.6. The van der Waals surface area contributed by atoms with E-state index in [2.05, 4.69) is 0 Å². The van der Waals surface area contributed by atoms with Crippen LogP contribution in [-0.4, -0.2) is 39.6 Å². The van der Waals surface area contributed by atoms with Crippen molar-refractivity contribution in [2.45, 2.75) is 52.5 Å². The SMILES string of the molecule is FC1(F)C(F)(F)C2(F)CCC2(F)C(F)(C(Cl)Cl)C1(F)F. The normalized spacial score (nSPS) is 48.6. The molecule has 2 saturated carbocycles. The molecule has 2 aliphatic carbocycles. The van der Waals surface area contributed by atoms with E-state index in [0.717, 1.165) is 0 Å². The van der Waals surface area contributed by atoms with Gasteiger partial charge >= 0.3 is 17.8 Å². The van der Waals surface area contributed by atoms with Crippen LogP contribution in [0, 0.1) is 0 Å². The van der Waals surface area contributed by atoms with E-state index in [-0.39, 0.29) is 0 Å². The Kier molecular flexibility index (Phi) is 2.97. The molecular weight excluding hydrogens is 350 g/mol. The number of alkyl halides is 11. The van der Waals surface area contributed by atoms with Crippen molar-refractivity contribution in [3.8, 4) is 0 Å². The lowest BCUT2D eigenvalue weighted by atomic mass is 9.51. The zero-order valence-corrected chi connectivity index (χ0v) is 10.7. The summed E-state index contributed by atoms with van der Waals surface area (Å²) in [5, 5.41) is 0. The van der Waals surface area contributed by atoms with E-state index in [1.54, 1.807) is 0 Å². The van der Waals surface area contributed by atoms with Gasteiger partial charge in [0.2, 0.25) is 11.3 Å². The summed E-state index contributed by atoms with van der Waals surface area (Å²) < 4.78 is 122. The molecule has 0 aromatic rings. The van der Waals surface area contributed by atoms with Crippen molar-refractivity contribution in [3.63, 3.8) is 0 Å². The highest BCUT2D eigenvalue weighted by atomic mass is 35.5. The van der Waals surface area contributed by atoms with Gasteiger partial charge in [-0.2, -0.15) is 26.3 Å². The van der Waals surface area contributed by atoms with Crippen molar-refractivity contribution in [1.82, 2.24) is 0 Å². The minimum atomic E-state index is -6.50. The number of rotatable bonds is 1. The predicted molar refractivity (Wildman–Crippen MR) is 51.1 cm³/mol. The monoisotopic (exact) mass is 354 g/mol. The molecule has 2 aliphatic rings. The lowest BCUT2D eigenvalue weighted by Crippen LogP contribution is -2.90. The molecule has 0 aliphatic heterocycles. The number of hydrogen-bond donors (Lipinski definition) is 0.